The van der Waals surface area contributed by atoms with E-state index < -0.39 is 30.0 Å². The van der Waals surface area contributed by atoms with Crippen molar-refractivity contribution in [1.82, 2.24) is 5.32 Å². The van der Waals surface area contributed by atoms with Crippen molar-refractivity contribution in [1.29, 1.82) is 0 Å². The van der Waals surface area contributed by atoms with Crippen LogP contribution in [0.15, 0.2) is 29.5 Å². The van der Waals surface area contributed by atoms with Crippen LogP contribution in [0.3, 0.4) is 0 Å². The number of carboxylic acid groups (broad SMARTS) is 1. The maximum absolute atomic E-state index is 12.0. The third-order valence-corrected chi connectivity index (χ3v) is 3.86. The van der Waals surface area contributed by atoms with Gasteiger partial charge in [0, 0.05) is 11.6 Å². The Morgan fingerprint density at radius 3 is 2.44 bits per heavy atom. The van der Waals surface area contributed by atoms with Gasteiger partial charge in [-0.3, -0.25) is 9.59 Å². The molecule has 0 aromatic heterocycles. The maximum Gasteiger partial charge on any atom is 0.341 e. The zero-order chi connectivity index (χ0) is 18.6. The molecule has 7 heteroatoms. The lowest BCUT2D eigenvalue weighted by molar-refractivity contribution is -0.135. The molecule has 1 atom stereocenters. The Kier molecular flexibility index (Phi) is 5.80. The van der Waals surface area contributed by atoms with Crippen LogP contribution in [0.25, 0.3) is 0 Å². The molecular weight excluding hydrogens is 326 g/mol. The summed E-state index contributed by atoms with van der Waals surface area (Å²) in [5.41, 5.74) is 0.426. The van der Waals surface area contributed by atoms with Crippen molar-refractivity contribution in [3.63, 3.8) is 0 Å². The molecule has 25 heavy (non-hydrogen) atoms. The summed E-state index contributed by atoms with van der Waals surface area (Å²) in [6.07, 6.45) is -0.453. The molecule has 1 aliphatic heterocycles. The number of allylic oxidation sites excluding steroid dienone is 1. The van der Waals surface area contributed by atoms with Crippen molar-refractivity contribution in [3.8, 4) is 11.5 Å². The minimum atomic E-state index is -1.34. The lowest BCUT2D eigenvalue weighted by Gasteiger charge is -2.24. The Bertz CT molecular complexity index is 737. The van der Waals surface area contributed by atoms with Crippen molar-refractivity contribution in [2.45, 2.75) is 33.1 Å². The number of carbonyl (C=O) groups excluding carboxylic acids is 2. The second-order valence-corrected chi connectivity index (χ2v) is 5.54. The van der Waals surface area contributed by atoms with Crippen LogP contribution in [-0.2, 0) is 14.4 Å². The Morgan fingerprint density at radius 2 is 1.84 bits per heavy atom. The van der Waals surface area contributed by atoms with Gasteiger partial charge in [0.25, 0.3) is 0 Å². The number of hydrogen-bond donors (Lipinski definition) is 2. The van der Waals surface area contributed by atoms with Crippen molar-refractivity contribution in [3.05, 3.63) is 35.0 Å². The molecule has 1 aliphatic rings. The van der Waals surface area contributed by atoms with Crippen LogP contribution in [0.5, 0.6) is 11.5 Å². The first-order valence-electron chi connectivity index (χ1n) is 8.09. The predicted molar refractivity (Wildman–Crippen MR) is 89.6 cm³/mol. The Balaban J connectivity index is 2.47. The van der Waals surface area contributed by atoms with E-state index in [1.807, 2.05) is 13.8 Å². The van der Waals surface area contributed by atoms with Crippen molar-refractivity contribution < 1.29 is 29.0 Å². The number of ketones is 1. The maximum atomic E-state index is 12.0. The first kappa shape index (κ1) is 18.5. The predicted octanol–water partition coefficient (Wildman–Crippen LogP) is 2.02. The summed E-state index contributed by atoms with van der Waals surface area (Å²) in [5, 5.41) is 11.9. The molecule has 0 saturated heterocycles. The fourth-order valence-electron chi connectivity index (χ4n) is 2.70. The number of carbonyl (C=O) groups is 3. The molecule has 0 bridgehead atoms. The third kappa shape index (κ3) is 3.99. The highest BCUT2D eigenvalue weighted by Gasteiger charge is 2.33. The monoisotopic (exact) mass is 347 g/mol. The van der Waals surface area contributed by atoms with Gasteiger partial charge in [0.1, 0.15) is 5.57 Å². The molecular formula is C18H21NO6. The molecule has 1 aromatic rings. The molecule has 7 nitrogen and oxygen atoms in total. The summed E-state index contributed by atoms with van der Waals surface area (Å²) >= 11 is 0. The lowest BCUT2D eigenvalue weighted by Crippen LogP contribution is -2.37. The Labute approximate surface area is 145 Å². The molecule has 2 N–H and O–H groups in total. The fraction of sp³-hybridized carbons (Fsp3) is 0.389. The van der Waals surface area contributed by atoms with E-state index >= 15 is 0 Å². The van der Waals surface area contributed by atoms with Gasteiger partial charge in [-0.25, -0.2) is 4.79 Å². The smallest absolute Gasteiger partial charge is 0.341 e. The first-order valence-corrected chi connectivity index (χ1v) is 8.09. The van der Waals surface area contributed by atoms with Gasteiger partial charge < -0.3 is 19.9 Å². The number of hydrogen-bond acceptors (Lipinski definition) is 5. The standard InChI is InChI=1S/C18H21NO6/c1-4-24-13-7-6-11(8-14(13)25-5-2)10(3)17-16(18(22)23)12(20)9-15(21)19-17/h6-8,10H,4-5,9H2,1-3H3,(H,19,21)(H,22,23). The summed E-state index contributed by atoms with van der Waals surface area (Å²) in [4.78, 5) is 35.1. The first-order chi connectivity index (χ1) is 11.9. The van der Waals surface area contributed by atoms with Crippen LogP contribution in [0.2, 0.25) is 0 Å². The van der Waals surface area contributed by atoms with Gasteiger partial charge in [0.2, 0.25) is 5.91 Å². The highest BCUT2D eigenvalue weighted by molar-refractivity contribution is 6.23. The molecule has 0 aliphatic carbocycles. The molecule has 134 valence electrons. The van der Waals surface area contributed by atoms with Gasteiger partial charge in [-0.15, -0.1) is 0 Å². The van der Waals surface area contributed by atoms with E-state index in [0.29, 0.717) is 30.3 Å². The average molecular weight is 347 g/mol. The fourth-order valence-corrected chi connectivity index (χ4v) is 2.70. The number of rotatable bonds is 7. The average Bonchev–Trinajstić information content (AvgIpc) is 2.55. The minimum absolute atomic E-state index is 0.0976. The van der Waals surface area contributed by atoms with E-state index in [1.54, 1.807) is 25.1 Å². The van der Waals surface area contributed by atoms with Gasteiger partial charge in [-0.05, 0) is 31.5 Å². The highest BCUT2D eigenvalue weighted by Crippen LogP contribution is 2.34. The van der Waals surface area contributed by atoms with E-state index in [4.69, 9.17) is 9.47 Å². The highest BCUT2D eigenvalue weighted by atomic mass is 16.5. The Morgan fingerprint density at radius 1 is 1.20 bits per heavy atom. The normalized spacial score (nSPS) is 15.6. The van der Waals surface area contributed by atoms with Crippen molar-refractivity contribution in [2.75, 3.05) is 13.2 Å². The molecule has 2 rings (SSSR count). The molecule has 0 radical (unpaired) electrons. The number of ether oxygens (including phenoxy) is 2. The minimum Gasteiger partial charge on any atom is -0.490 e. The number of Topliss-reactive ketones (excluding diaryl/α,β-unsaturated/α-hetero) is 1. The van der Waals surface area contributed by atoms with Crippen molar-refractivity contribution in [2.24, 2.45) is 0 Å². The van der Waals surface area contributed by atoms with Gasteiger partial charge in [0.15, 0.2) is 17.3 Å². The van der Waals surface area contributed by atoms with E-state index in [1.165, 1.54) is 0 Å². The van der Waals surface area contributed by atoms with Crippen molar-refractivity contribution >= 4 is 17.7 Å². The molecule has 0 saturated carbocycles. The number of carboxylic acids is 1. The third-order valence-electron chi connectivity index (χ3n) is 3.86. The molecule has 1 heterocycles. The van der Waals surface area contributed by atoms with Crippen LogP contribution in [0, 0.1) is 0 Å². The van der Waals surface area contributed by atoms with Gasteiger partial charge in [-0.1, -0.05) is 13.0 Å². The second kappa shape index (κ2) is 7.83. The van der Waals surface area contributed by atoms with Gasteiger partial charge in [0.05, 0.1) is 19.6 Å². The van der Waals surface area contributed by atoms with Crippen LogP contribution in [0.4, 0.5) is 0 Å². The summed E-state index contributed by atoms with van der Waals surface area (Å²) < 4.78 is 11.1. The molecule has 0 spiro atoms. The largest absolute Gasteiger partial charge is 0.490 e. The summed E-state index contributed by atoms with van der Waals surface area (Å²) in [6.45, 7) is 6.35. The lowest BCUT2D eigenvalue weighted by atomic mass is 9.89. The number of benzene rings is 1. The number of nitrogens with one attached hydrogen (secondary N) is 1. The molecule has 0 fully saturated rings. The van der Waals surface area contributed by atoms with E-state index in [9.17, 15) is 19.5 Å². The summed E-state index contributed by atoms with van der Waals surface area (Å²) in [7, 11) is 0. The summed E-state index contributed by atoms with van der Waals surface area (Å²) in [6, 6.07) is 5.22. The molecule has 1 aromatic carbocycles. The van der Waals surface area contributed by atoms with Crippen LogP contribution in [0.1, 0.15) is 38.7 Å². The number of amides is 1. The zero-order valence-electron chi connectivity index (χ0n) is 14.4. The molecule has 1 unspecified atom stereocenters. The molecule has 1 amide bonds. The quantitative estimate of drug-likeness (QED) is 0.578. The van der Waals surface area contributed by atoms with Crippen LogP contribution >= 0.6 is 0 Å². The Hall–Kier alpha value is -2.83. The van der Waals surface area contributed by atoms with E-state index in [-0.39, 0.29) is 11.3 Å². The topological polar surface area (TPSA) is 102 Å². The second-order valence-electron chi connectivity index (χ2n) is 5.54. The van der Waals surface area contributed by atoms with E-state index in [2.05, 4.69) is 5.32 Å². The van der Waals surface area contributed by atoms with Gasteiger partial charge in [-0.2, -0.15) is 0 Å². The summed E-state index contributed by atoms with van der Waals surface area (Å²) in [5.74, 6) is -1.94. The van der Waals surface area contributed by atoms with Crippen LogP contribution in [-0.4, -0.2) is 36.0 Å². The van der Waals surface area contributed by atoms with Gasteiger partial charge >= 0.3 is 5.97 Å². The SMILES string of the molecule is CCOc1ccc(C(C)C2=C(C(=O)O)C(=O)CC(=O)N2)cc1OCC. The number of aliphatic carboxylic acids is 1. The zero-order valence-corrected chi connectivity index (χ0v) is 14.4. The van der Waals surface area contributed by atoms with E-state index in [0.717, 1.165) is 0 Å². The van der Waals surface area contributed by atoms with Crippen LogP contribution < -0.4 is 14.8 Å².